The molecule has 0 N–H and O–H groups in total. The maximum atomic E-state index is 15.0. The van der Waals surface area contributed by atoms with Crippen LogP contribution in [0.2, 0.25) is 0 Å². The van der Waals surface area contributed by atoms with Gasteiger partial charge in [0.15, 0.2) is 0 Å². The molecule has 1 aliphatic carbocycles. The normalized spacial score (nSPS) is 19.2. The highest BCUT2D eigenvalue weighted by molar-refractivity contribution is 5.90. The SMILES string of the molecule is CCCCCCCc1ccc(-c2ccc(C(=O)OC3CCC(C#N)(CCCCCCC)CC3)cc2F)cc1. The van der Waals surface area contributed by atoms with Gasteiger partial charge in [-0.05, 0) is 68.2 Å². The molecule has 38 heavy (non-hydrogen) atoms. The Bertz CT molecular complexity index is 1030. The van der Waals surface area contributed by atoms with Crippen LogP contribution in [0.3, 0.4) is 0 Å². The average Bonchev–Trinajstić information content (AvgIpc) is 2.94. The zero-order valence-electron chi connectivity index (χ0n) is 23.6. The molecule has 0 heterocycles. The van der Waals surface area contributed by atoms with Gasteiger partial charge in [-0.15, -0.1) is 0 Å². The molecule has 3 nitrogen and oxygen atoms in total. The number of nitrogens with zero attached hydrogens (tertiary/aromatic N) is 1. The molecule has 0 aliphatic heterocycles. The van der Waals surface area contributed by atoms with Gasteiger partial charge >= 0.3 is 5.97 Å². The molecular formula is C34H46FNO2. The van der Waals surface area contributed by atoms with Crippen molar-refractivity contribution in [2.75, 3.05) is 0 Å². The first kappa shape index (κ1) is 29.9. The average molecular weight is 520 g/mol. The summed E-state index contributed by atoms with van der Waals surface area (Å²) in [5, 5.41) is 9.82. The van der Waals surface area contributed by atoms with Gasteiger partial charge in [0.1, 0.15) is 11.9 Å². The van der Waals surface area contributed by atoms with Crippen LogP contribution in [-0.4, -0.2) is 12.1 Å². The van der Waals surface area contributed by atoms with Crippen LogP contribution in [0.5, 0.6) is 0 Å². The van der Waals surface area contributed by atoms with Crippen molar-refractivity contribution in [3.8, 4) is 17.2 Å². The number of esters is 1. The first-order valence-electron chi connectivity index (χ1n) is 15.0. The van der Waals surface area contributed by atoms with E-state index in [0.29, 0.717) is 18.4 Å². The van der Waals surface area contributed by atoms with Gasteiger partial charge in [0, 0.05) is 5.56 Å². The Morgan fingerprint density at radius 3 is 2.16 bits per heavy atom. The van der Waals surface area contributed by atoms with Gasteiger partial charge in [0.25, 0.3) is 0 Å². The Morgan fingerprint density at radius 2 is 1.55 bits per heavy atom. The zero-order valence-corrected chi connectivity index (χ0v) is 23.6. The lowest BCUT2D eigenvalue weighted by atomic mass is 9.71. The van der Waals surface area contributed by atoms with Crippen molar-refractivity contribution in [3.63, 3.8) is 0 Å². The number of carbonyl (C=O) groups is 1. The van der Waals surface area contributed by atoms with E-state index in [1.807, 2.05) is 12.1 Å². The van der Waals surface area contributed by atoms with E-state index in [9.17, 15) is 14.4 Å². The second-order valence-corrected chi connectivity index (χ2v) is 11.2. The summed E-state index contributed by atoms with van der Waals surface area (Å²) in [6.45, 7) is 4.43. The van der Waals surface area contributed by atoms with Crippen molar-refractivity contribution in [2.45, 2.75) is 123 Å². The highest BCUT2D eigenvalue weighted by Crippen LogP contribution is 2.41. The first-order valence-corrected chi connectivity index (χ1v) is 15.0. The predicted molar refractivity (Wildman–Crippen MR) is 153 cm³/mol. The molecule has 0 aromatic heterocycles. The van der Waals surface area contributed by atoms with Crippen molar-refractivity contribution >= 4 is 5.97 Å². The van der Waals surface area contributed by atoms with Crippen LogP contribution in [0.4, 0.5) is 4.39 Å². The van der Waals surface area contributed by atoms with E-state index in [1.54, 1.807) is 12.1 Å². The molecule has 1 saturated carbocycles. The Balaban J connectivity index is 1.49. The minimum atomic E-state index is -0.483. The van der Waals surface area contributed by atoms with Gasteiger partial charge in [-0.3, -0.25) is 0 Å². The number of aryl methyl sites for hydroxylation is 1. The summed E-state index contributed by atoms with van der Waals surface area (Å²) in [6.07, 6.45) is 16.9. The molecule has 2 aromatic rings. The molecule has 206 valence electrons. The zero-order chi connectivity index (χ0) is 27.2. The standard InChI is InChI=1S/C34H46FNO2/c1-3-5-7-9-11-13-27-14-16-28(17-15-27)31-19-18-29(25-32(31)35)33(37)38-30-20-23-34(26-36,24-21-30)22-12-10-8-6-4-2/h14-19,25,30H,3-13,20-24H2,1-2H3. The number of rotatable bonds is 15. The van der Waals surface area contributed by atoms with Crippen LogP contribution in [0.25, 0.3) is 11.1 Å². The number of halogens is 1. The van der Waals surface area contributed by atoms with Gasteiger partial charge in [-0.2, -0.15) is 5.26 Å². The van der Waals surface area contributed by atoms with Crippen LogP contribution < -0.4 is 0 Å². The van der Waals surface area contributed by atoms with E-state index in [1.165, 1.54) is 69.4 Å². The van der Waals surface area contributed by atoms with Crippen molar-refractivity contribution in [1.29, 1.82) is 5.26 Å². The Morgan fingerprint density at radius 1 is 0.921 bits per heavy atom. The quantitative estimate of drug-likeness (QED) is 0.174. The number of unbranched alkanes of at least 4 members (excludes halogenated alkanes) is 8. The maximum absolute atomic E-state index is 15.0. The molecule has 3 rings (SSSR count). The predicted octanol–water partition coefficient (Wildman–Crippen LogP) is 9.98. The molecule has 0 amide bonds. The van der Waals surface area contributed by atoms with Gasteiger partial charge < -0.3 is 4.74 Å². The van der Waals surface area contributed by atoms with Crippen LogP contribution in [0, 0.1) is 22.6 Å². The fraction of sp³-hybridized carbons (Fsp3) is 0.588. The Kier molecular flexibility index (Phi) is 12.3. The molecule has 0 atom stereocenters. The van der Waals surface area contributed by atoms with Crippen molar-refractivity contribution in [3.05, 3.63) is 59.4 Å². The summed E-state index contributed by atoms with van der Waals surface area (Å²) in [6, 6.07) is 15.3. The van der Waals surface area contributed by atoms with E-state index in [4.69, 9.17) is 4.74 Å². The van der Waals surface area contributed by atoms with Crippen molar-refractivity contribution < 1.29 is 13.9 Å². The third kappa shape index (κ3) is 8.97. The second-order valence-electron chi connectivity index (χ2n) is 11.2. The molecule has 2 aromatic carbocycles. The van der Waals surface area contributed by atoms with Crippen LogP contribution in [-0.2, 0) is 11.2 Å². The molecule has 0 bridgehead atoms. The van der Waals surface area contributed by atoms with Gasteiger partial charge in [0.2, 0.25) is 0 Å². The number of benzene rings is 2. The molecule has 0 spiro atoms. The van der Waals surface area contributed by atoms with E-state index < -0.39 is 11.8 Å². The van der Waals surface area contributed by atoms with Crippen molar-refractivity contribution in [2.24, 2.45) is 5.41 Å². The lowest BCUT2D eigenvalue weighted by molar-refractivity contribution is 0.0104. The monoisotopic (exact) mass is 519 g/mol. The maximum Gasteiger partial charge on any atom is 0.338 e. The number of hydrogen-bond acceptors (Lipinski definition) is 3. The van der Waals surface area contributed by atoms with Gasteiger partial charge in [-0.1, -0.05) is 102 Å². The second kappa shape index (κ2) is 15.7. The van der Waals surface area contributed by atoms with Gasteiger partial charge in [0.05, 0.1) is 17.0 Å². The summed E-state index contributed by atoms with van der Waals surface area (Å²) < 4.78 is 20.7. The Labute approximate surface area is 229 Å². The fourth-order valence-corrected chi connectivity index (χ4v) is 5.63. The van der Waals surface area contributed by atoms with E-state index >= 15 is 0 Å². The largest absolute Gasteiger partial charge is 0.459 e. The summed E-state index contributed by atoms with van der Waals surface area (Å²) in [5.41, 5.74) is 2.53. The minimum absolute atomic E-state index is 0.207. The number of hydrogen-bond donors (Lipinski definition) is 0. The van der Waals surface area contributed by atoms with E-state index in [2.05, 4.69) is 32.0 Å². The molecule has 1 aliphatic rings. The van der Waals surface area contributed by atoms with Crippen LogP contribution in [0.15, 0.2) is 42.5 Å². The summed E-state index contributed by atoms with van der Waals surface area (Å²) >= 11 is 0. The molecule has 0 unspecified atom stereocenters. The lowest BCUT2D eigenvalue weighted by Crippen LogP contribution is -2.31. The summed E-state index contributed by atoms with van der Waals surface area (Å²) in [5.74, 6) is -0.898. The highest BCUT2D eigenvalue weighted by atomic mass is 19.1. The molecule has 1 fully saturated rings. The smallest absolute Gasteiger partial charge is 0.338 e. The molecule has 4 heteroatoms. The topological polar surface area (TPSA) is 50.1 Å². The number of nitriles is 1. The van der Waals surface area contributed by atoms with E-state index in [-0.39, 0.29) is 17.1 Å². The third-order valence-electron chi connectivity index (χ3n) is 8.20. The van der Waals surface area contributed by atoms with Crippen LogP contribution in [0.1, 0.15) is 126 Å². The van der Waals surface area contributed by atoms with Crippen molar-refractivity contribution in [1.82, 2.24) is 0 Å². The summed E-state index contributed by atoms with van der Waals surface area (Å²) in [7, 11) is 0. The molecular weight excluding hydrogens is 473 g/mol. The fourth-order valence-electron chi connectivity index (χ4n) is 5.63. The molecule has 0 radical (unpaired) electrons. The van der Waals surface area contributed by atoms with Gasteiger partial charge in [-0.25, -0.2) is 9.18 Å². The minimum Gasteiger partial charge on any atom is -0.459 e. The van der Waals surface area contributed by atoms with E-state index in [0.717, 1.165) is 37.7 Å². The highest BCUT2D eigenvalue weighted by Gasteiger charge is 2.36. The lowest BCUT2D eigenvalue weighted by Gasteiger charge is -2.34. The number of carbonyl (C=O) groups excluding carboxylic acids is 1. The molecule has 0 saturated heterocycles. The first-order chi connectivity index (χ1) is 18.5. The number of ether oxygens (including phenoxy) is 1. The van der Waals surface area contributed by atoms with Crippen LogP contribution >= 0.6 is 0 Å². The summed E-state index contributed by atoms with van der Waals surface area (Å²) in [4.78, 5) is 12.8. The Hall–Kier alpha value is -2.67. The third-order valence-corrected chi connectivity index (χ3v) is 8.20.